The van der Waals surface area contributed by atoms with E-state index in [2.05, 4.69) is 30.6 Å². The second-order valence-electron chi connectivity index (χ2n) is 4.68. The number of Topliss-reactive ketones (excluding diaryl/α,β-unsaturated/α-hetero) is 1. The molecular formula is C15H26N2O. The Morgan fingerprint density at radius 2 is 1.83 bits per heavy atom. The Labute approximate surface area is 111 Å². The summed E-state index contributed by atoms with van der Waals surface area (Å²) < 4.78 is 2.07. The molecule has 0 aliphatic heterocycles. The van der Waals surface area contributed by atoms with E-state index in [1.54, 1.807) is 0 Å². The third-order valence-corrected chi connectivity index (χ3v) is 3.37. The smallest absolute Gasteiger partial charge is 0.166 e. The lowest BCUT2D eigenvalue weighted by atomic mass is 10.0. The Balaban J connectivity index is 3.04. The summed E-state index contributed by atoms with van der Waals surface area (Å²) in [5.41, 5.74) is 3.02. The summed E-state index contributed by atoms with van der Waals surface area (Å²) in [7, 11) is 0. The van der Waals surface area contributed by atoms with Gasteiger partial charge < -0.3 is 0 Å². The maximum Gasteiger partial charge on any atom is 0.166 e. The van der Waals surface area contributed by atoms with E-state index in [9.17, 15) is 4.79 Å². The van der Waals surface area contributed by atoms with Crippen LogP contribution >= 0.6 is 0 Å². The van der Waals surface area contributed by atoms with E-state index >= 15 is 0 Å². The molecule has 1 rings (SSSR count). The van der Waals surface area contributed by atoms with E-state index in [0.717, 1.165) is 42.8 Å². The lowest BCUT2D eigenvalue weighted by Gasteiger charge is -2.06. The molecule has 0 amide bonds. The minimum Gasteiger partial charge on any atom is -0.294 e. The largest absolute Gasteiger partial charge is 0.294 e. The van der Waals surface area contributed by atoms with Gasteiger partial charge in [0.25, 0.3) is 0 Å². The van der Waals surface area contributed by atoms with Crippen molar-refractivity contribution in [3.8, 4) is 0 Å². The Morgan fingerprint density at radius 3 is 2.33 bits per heavy atom. The number of aromatic nitrogens is 2. The summed E-state index contributed by atoms with van der Waals surface area (Å²) in [6.45, 7) is 9.26. The first-order valence-electron chi connectivity index (χ1n) is 7.31. The third kappa shape index (κ3) is 3.21. The molecule has 0 bridgehead atoms. The maximum atomic E-state index is 12.1. The topological polar surface area (TPSA) is 34.9 Å². The van der Waals surface area contributed by atoms with Crippen molar-refractivity contribution in [2.45, 2.75) is 72.8 Å². The Bertz CT molecular complexity index is 393. The average molecular weight is 250 g/mol. The number of hydrogen-bond acceptors (Lipinski definition) is 2. The lowest BCUT2D eigenvalue weighted by Crippen LogP contribution is -2.07. The fraction of sp³-hybridized carbons (Fsp3) is 0.733. The summed E-state index contributed by atoms with van der Waals surface area (Å²) >= 11 is 0. The minimum absolute atomic E-state index is 0.241. The standard InChI is InChI=1S/C15H26N2O/c1-5-9-10-11-17-13(7-3)15(14(18)8-4)12(6-2)16-17/h5-11H2,1-4H3. The Hall–Kier alpha value is -1.12. The van der Waals surface area contributed by atoms with Crippen LogP contribution in [0.5, 0.6) is 0 Å². The van der Waals surface area contributed by atoms with Gasteiger partial charge in [-0.15, -0.1) is 0 Å². The molecule has 0 saturated heterocycles. The molecular weight excluding hydrogens is 224 g/mol. The fourth-order valence-electron chi connectivity index (χ4n) is 2.35. The number of carbonyl (C=O) groups is 1. The number of hydrogen-bond donors (Lipinski definition) is 0. The average Bonchev–Trinajstić information content (AvgIpc) is 2.75. The minimum atomic E-state index is 0.241. The summed E-state index contributed by atoms with van der Waals surface area (Å²) in [6, 6.07) is 0. The predicted octanol–water partition coefficient (Wildman–Crippen LogP) is 3.79. The van der Waals surface area contributed by atoms with Crippen LogP contribution in [-0.4, -0.2) is 15.6 Å². The molecule has 0 unspecified atom stereocenters. The molecule has 1 heterocycles. The molecule has 3 nitrogen and oxygen atoms in total. The van der Waals surface area contributed by atoms with Gasteiger partial charge in [-0.2, -0.15) is 5.10 Å². The van der Waals surface area contributed by atoms with Crippen molar-refractivity contribution in [3.63, 3.8) is 0 Å². The normalized spacial score (nSPS) is 10.9. The summed E-state index contributed by atoms with van der Waals surface area (Å²) in [5, 5.41) is 4.64. The highest BCUT2D eigenvalue weighted by molar-refractivity contribution is 5.98. The Morgan fingerprint density at radius 1 is 1.11 bits per heavy atom. The second-order valence-corrected chi connectivity index (χ2v) is 4.68. The number of carbonyl (C=O) groups excluding carboxylic acids is 1. The van der Waals surface area contributed by atoms with E-state index in [4.69, 9.17) is 0 Å². The van der Waals surface area contributed by atoms with Gasteiger partial charge in [0.1, 0.15) is 0 Å². The van der Waals surface area contributed by atoms with Crippen LogP contribution < -0.4 is 0 Å². The molecule has 0 aromatic carbocycles. The van der Waals surface area contributed by atoms with Crippen molar-refractivity contribution in [2.75, 3.05) is 0 Å². The third-order valence-electron chi connectivity index (χ3n) is 3.37. The van der Waals surface area contributed by atoms with E-state index in [1.807, 2.05) is 6.92 Å². The molecule has 0 atom stereocenters. The van der Waals surface area contributed by atoms with E-state index in [1.165, 1.54) is 12.8 Å². The van der Waals surface area contributed by atoms with Crippen molar-refractivity contribution in [3.05, 3.63) is 17.0 Å². The molecule has 0 spiro atoms. The molecule has 0 fully saturated rings. The maximum absolute atomic E-state index is 12.1. The van der Waals surface area contributed by atoms with Gasteiger partial charge in [-0.1, -0.05) is 40.5 Å². The first-order chi connectivity index (χ1) is 8.69. The van der Waals surface area contributed by atoms with Crippen LogP contribution in [0.2, 0.25) is 0 Å². The van der Waals surface area contributed by atoms with E-state index in [-0.39, 0.29) is 5.78 Å². The highest BCUT2D eigenvalue weighted by Gasteiger charge is 2.19. The monoisotopic (exact) mass is 250 g/mol. The zero-order valence-electron chi connectivity index (χ0n) is 12.3. The van der Waals surface area contributed by atoms with Crippen LogP contribution in [0.25, 0.3) is 0 Å². The fourth-order valence-corrected chi connectivity index (χ4v) is 2.35. The van der Waals surface area contributed by atoms with Crippen LogP contribution in [0.3, 0.4) is 0 Å². The highest BCUT2D eigenvalue weighted by Crippen LogP contribution is 2.19. The number of nitrogens with zero attached hydrogens (tertiary/aromatic N) is 2. The molecule has 0 N–H and O–H groups in total. The van der Waals surface area contributed by atoms with Gasteiger partial charge in [0, 0.05) is 18.7 Å². The van der Waals surface area contributed by atoms with Gasteiger partial charge in [0.15, 0.2) is 5.78 Å². The van der Waals surface area contributed by atoms with E-state index in [0.29, 0.717) is 6.42 Å². The van der Waals surface area contributed by atoms with Gasteiger partial charge in [0.2, 0.25) is 0 Å². The quantitative estimate of drug-likeness (QED) is 0.519. The molecule has 0 aliphatic carbocycles. The molecule has 1 aromatic heterocycles. The number of unbranched alkanes of at least 4 members (excludes halogenated alkanes) is 2. The lowest BCUT2D eigenvalue weighted by molar-refractivity contribution is 0.0986. The van der Waals surface area contributed by atoms with Gasteiger partial charge in [-0.3, -0.25) is 9.48 Å². The molecule has 0 saturated carbocycles. The molecule has 0 aliphatic rings. The van der Waals surface area contributed by atoms with Gasteiger partial charge in [0.05, 0.1) is 11.3 Å². The Kier molecular flexibility index (Phi) is 6.10. The molecule has 3 heteroatoms. The van der Waals surface area contributed by atoms with Crippen molar-refractivity contribution in [1.29, 1.82) is 0 Å². The van der Waals surface area contributed by atoms with Gasteiger partial charge >= 0.3 is 0 Å². The van der Waals surface area contributed by atoms with E-state index < -0.39 is 0 Å². The zero-order valence-corrected chi connectivity index (χ0v) is 12.3. The van der Waals surface area contributed by atoms with Crippen LogP contribution in [0.1, 0.15) is 75.1 Å². The number of aryl methyl sites for hydroxylation is 2. The van der Waals surface area contributed by atoms with Crippen LogP contribution in [0, 0.1) is 0 Å². The molecule has 102 valence electrons. The van der Waals surface area contributed by atoms with Crippen molar-refractivity contribution in [2.24, 2.45) is 0 Å². The summed E-state index contributed by atoms with van der Waals surface area (Å²) in [5.74, 6) is 0.241. The van der Waals surface area contributed by atoms with Gasteiger partial charge in [-0.25, -0.2) is 0 Å². The van der Waals surface area contributed by atoms with Crippen molar-refractivity contribution >= 4 is 5.78 Å². The second kappa shape index (κ2) is 7.34. The summed E-state index contributed by atoms with van der Waals surface area (Å²) in [4.78, 5) is 12.1. The van der Waals surface area contributed by atoms with Crippen molar-refractivity contribution < 1.29 is 4.79 Å². The van der Waals surface area contributed by atoms with Crippen LogP contribution in [0.15, 0.2) is 0 Å². The van der Waals surface area contributed by atoms with Crippen LogP contribution in [-0.2, 0) is 19.4 Å². The van der Waals surface area contributed by atoms with Crippen LogP contribution in [0.4, 0.5) is 0 Å². The molecule has 0 radical (unpaired) electrons. The number of ketones is 1. The summed E-state index contributed by atoms with van der Waals surface area (Å²) in [6.07, 6.45) is 5.88. The van der Waals surface area contributed by atoms with Crippen molar-refractivity contribution in [1.82, 2.24) is 9.78 Å². The van der Waals surface area contributed by atoms with Gasteiger partial charge in [-0.05, 0) is 19.3 Å². The molecule has 1 aromatic rings. The zero-order chi connectivity index (χ0) is 13.5. The number of rotatable bonds is 8. The SMILES string of the molecule is CCCCCn1nc(CC)c(C(=O)CC)c1CC. The predicted molar refractivity (Wildman–Crippen MR) is 75.1 cm³/mol. The molecule has 18 heavy (non-hydrogen) atoms. The highest BCUT2D eigenvalue weighted by atomic mass is 16.1. The first-order valence-corrected chi connectivity index (χ1v) is 7.31. The first kappa shape index (κ1) is 14.9.